The largest absolute Gasteiger partial charge is 0.467 e. The Morgan fingerprint density at radius 3 is 2.75 bits per heavy atom. The van der Waals surface area contributed by atoms with Crippen LogP contribution in [0, 0.1) is 12.7 Å². The van der Waals surface area contributed by atoms with E-state index in [1.165, 1.54) is 6.07 Å². The molecule has 0 saturated heterocycles. The number of halogens is 2. The molecule has 0 spiro atoms. The lowest BCUT2D eigenvalue weighted by Crippen LogP contribution is -2.24. The third-order valence-corrected chi connectivity index (χ3v) is 3.68. The third-order valence-electron chi connectivity index (χ3n) is 3.33. The molecule has 0 fully saturated rings. The molecule has 108 valence electrons. The van der Waals surface area contributed by atoms with Crippen molar-refractivity contribution < 1.29 is 8.81 Å². The molecule has 1 unspecified atom stereocenters. The minimum atomic E-state index is -0.273. The lowest BCUT2D eigenvalue weighted by Gasteiger charge is -2.18. The van der Waals surface area contributed by atoms with Gasteiger partial charge in [0, 0.05) is 10.6 Å². The van der Waals surface area contributed by atoms with Gasteiger partial charge in [-0.3, -0.25) is 0 Å². The smallest absolute Gasteiger partial charge is 0.127 e. The van der Waals surface area contributed by atoms with Crippen LogP contribution >= 0.6 is 11.6 Å². The van der Waals surface area contributed by atoms with Crippen LogP contribution in [0.2, 0.25) is 5.02 Å². The number of rotatable bonds is 6. The minimum absolute atomic E-state index is 0.0700. The Morgan fingerprint density at radius 2 is 2.15 bits per heavy atom. The maximum atomic E-state index is 13.9. The molecule has 2 aromatic rings. The second-order valence-electron chi connectivity index (χ2n) is 4.88. The summed E-state index contributed by atoms with van der Waals surface area (Å²) in [5.74, 6) is 0.572. The molecule has 20 heavy (non-hydrogen) atoms. The molecule has 1 aromatic heterocycles. The van der Waals surface area contributed by atoms with Crippen LogP contribution in [0.5, 0.6) is 0 Å². The average molecular weight is 296 g/mol. The Kier molecular flexibility index (Phi) is 5.21. The van der Waals surface area contributed by atoms with Crippen molar-refractivity contribution in [2.24, 2.45) is 0 Å². The van der Waals surface area contributed by atoms with Crippen LogP contribution in [-0.4, -0.2) is 6.54 Å². The first-order valence-electron chi connectivity index (χ1n) is 6.83. The molecule has 0 radical (unpaired) electrons. The SMILES string of the molecule is CCCNC(Cc1c(F)cccc1Cl)c1occc1C. The average Bonchev–Trinajstić information content (AvgIpc) is 2.84. The van der Waals surface area contributed by atoms with Gasteiger partial charge in [-0.25, -0.2) is 4.39 Å². The van der Waals surface area contributed by atoms with E-state index in [1.54, 1.807) is 18.4 Å². The van der Waals surface area contributed by atoms with Crippen LogP contribution in [0.25, 0.3) is 0 Å². The summed E-state index contributed by atoms with van der Waals surface area (Å²) in [7, 11) is 0. The molecule has 1 N–H and O–H groups in total. The van der Waals surface area contributed by atoms with Crippen LogP contribution in [0.3, 0.4) is 0 Å². The van der Waals surface area contributed by atoms with E-state index in [4.69, 9.17) is 16.0 Å². The van der Waals surface area contributed by atoms with Crippen molar-refractivity contribution in [3.63, 3.8) is 0 Å². The zero-order valence-electron chi connectivity index (χ0n) is 11.7. The summed E-state index contributed by atoms with van der Waals surface area (Å²) in [4.78, 5) is 0. The third kappa shape index (κ3) is 3.41. The molecule has 0 saturated carbocycles. The van der Waals surface area contributed by atoms with E-state index in [9.17, 15) is 4.39 Å². The Labute approximate surface area is 123 Å². The normalized spacial score (nSPS) is 12.6. The highest BCUT2D eigenvalue weighted by Gasteiger charge is 2.20. The van der Waals surface area contributed by atoms with Gasteiger partial charge in [0.15, 0.2) is 0 Å². The second-order valence-corrected chi connectivity index (χ2v) is 5.29. The topological polar surface area (TPSA) is 25.2 Å². The van der Waals surface area contributed by atoms with Crippen LogP contribution < -0.4 is 5.32 Å². The van der Waals surface area contributed by atoms with Crippen molar-refractivity contribution >= 4 is 11.6 Å². The number of hydrogen-bond donors (Lipinski definition) is 1. The maximum absolute atomic E-state index is 13.9. The van der Waals surface area contributed by atoms with Gasteiger partial charge < -0.3 is 9.73 Å². The van der Waals surface area contributed by atoms with Crippen molar-refractivity contribution in [2.45, 2.75) is 32.7 Å². The van der Waals surface area contributed by atoms with E-state index < -0.39 is 0 Å². The van der Waals surface area contributed by atoms with E-state index in [2.05, 4.69) is 12.2 Å². The highest BCUT2D eigenvalue weighted by atomic mass is 35.5. The van der Waals surface area contributed by atoms with Gasteiger partial charge in [0.05, 0.1) is 12.3 Å². The highest BCUT2D eigenvalue weighted by molar-refractivity contribution is 6.31. The fourth-order valence-corrected chi connectivity index (χ4v) is 2.49. The first-order chi connectivity index (χ1) is 9.63. The van der Waals surface area contributed by atoms with Crippen LogP contribution in [0.1, 0.15) is 36.3 Å². The van der Waals surface area contributed by atoms with Gasteiger partial charge in [0.25, 0.3) is 0 Å². The Morgan fingerprint density at radius 1 is 1.35 bits per heavy atom. The summed E-state index contributed by atoms with van der Waals surface area (Å²) < 4.78 is 19.5. The quantitative estimate of drug-likeness (QED) is 0.838. The molecule has 0 aliphatic rings. The van der Waals surface area contributed by atoms with Crippen molar-refractivity contribution in [3.05, 3.63) is 58.3 Å². The van der Waals surface area contributed by atoms with Crippen molar-refractivity contribution in [1.82, 2.24) is 5.32 Å². The summed E-state index contributed by atoms with van der Waals surface area (Å²) >= 11 is 6.11. The molecule has 0 bridgehead atoms. The van der Waals surface area contributed by atoms with Gasteiger partial charge in [-0.2, -0.15) is 0 Å². The fourth-order valence-electron chi connectivity index (χ4n) is 2.25. The van der Waals surface area contributed by atoms with E-state index >= 15 is 0 Å². The highest BCUT2D eigenvalue weighted by Crippen LogP contribution is 2.27. The molecular weight excluding hydrogens is 277 g/mol. The summed E-state index contributed by atoms with van der Waals surface area (Å²) in [5.41, 5.74) is 1.59. The molecule has 1 atom stereocenters. The molecule has 4 heteroatoms. The second kappa shape index (κ2) is 6.91. The summed E-state index contributed by atoms with van der Waals surface area (Å²) in [6.45, 7) is 4.93. The number of nitrogens with one attached hydrogen (secondary N) is 1. The predicted molar refractivity (Wildman–Crippen MR) is 79.6 cm³/mol. The van der Waals surface area contributed by atoms with Gasteiger partial charge in [-0.15, -0.1) is 0 Å². The van der Waals surface area contributed by atoms with Crippen LogP contribution in [-0.2, 0) is 6.42 Å². The van der Waals surface area contributed by atoms with E-state index in [-0.39, 0.29) is 11.9 Å². The van der Waals surface area contributed by atoms with Crippen molar-refractivity contribution in [3.8, 4) is 0 Å². The first-order valence-corrected chi connectivity index (χ1v) is 7.21. The molecule has 0 aliphatic heterocycles. The standard InChI is InChI=1S/C16H19ClFNO/c1-3-8-19-15(16-11(2)7-9-20-16)10-12-13(17)5-4-6-14(12)18/h4-7,9,15,19H,3,8,10H2,1-2H3. The molecule has 0 aliphatic carbocycles. The number of aryl methyl sites for hydroxylation is 1. The van der Waals surface area contributed by atoms with Gasteiger partial charge in [0.2, 0.25) is 0 Å². The first kappa shape index (κ1) is 15.1. The van der Waals surface area contributed by atoms with Crippen LogP contribution in [0.4, 0.5) is 4.39 Å². The van der Waals surface area contributed by atoms with Gasteiger partial charge in [-0.05, 0) is 50.1 Å². The monoisotopic (exact) mass is 295 g/mol. The molecule has 1 aromatic carbocycles. The van der Waals surface area contributed by atoms with Gasteiger partial charge in [-0.1, -0.05) is 24.6 Å². The van der Waals surface area contributed by atoms with Crippen molar-refractivity contribution in [2.75, 3.05) is 6.54 Å². The summed E-state index contributed by atoms with van der Waals surface area (Å²) in [6.07, 6.45) is 3.13. The minimum Gasteiger partial charge on any atom is -0.467 e. The van der Waals surface area contributed by atoms with Gasteiger partial charge >= 0.3 is 0 Å². The number of benzene rings is 1. The zero-order valence-corrected chi connectivity index (χ0v) is 12.5. The summed E-state index contributed by atoms with van der Waals surface area (Å²) in [6, 6.07) is 6.62. The summed E-state index contributed by atoms with van der Waals surface area (Å²) in [5, 5.41) is 3.85. The van der Waals surface area contributed by atoms with E-state index in [1.807, 2.05) is 13.0 Å². The Balaban J connectivity index is 2.26. The van der Waals surface area contributed by atoms with Crippen molar-refractivity contribution in [1.29, 1.82) is 0 Å². The zero-order chi connectivity index (χ0) is 14.5. The Hall–Kier alpha value is -1.32. The molecule has 2 rings (SSSR count). The number of furan rings is 1. The molecule has 1 heterocycles. The van der Waals surface area contributed by atoms with E-state index in [0.29, 0.717) is 17.0 Å². The molecule has 2 nitrogen and oxygen atoms in total. The number of hydrogen-bond acceptors (Lipinski definition) is 2. The molecule has 0 amide bonds. The predicted octanol–water partition coefficient (Wildman–Crippen LogP) is 4.66. The molecular formula is C16H19ClFNO. The Bertz CT molecular complexity index is 547. The van der Waals surface area contributed by atoms with E-state index in [0.717, 1.165) is 24.3 Å². The fraction of sp³-hybridized carbons (Fsp3) is 0.375. The lowest BCUT2D eigenvalue weighted by molar-refractivity contribution is 0.404. The maximum Gasteiger partial charge on any atom is 0.127 e. The lowest BCUT2D eigenvalue weighted by atomic mass is 10.0. The van der Waals surface area contributed by atoms with Crippen LogP contribution in [0.15, 0.2) is 34.9 Å². The van der Waals surface area contributed by atoms with Gasteiger partial charge in [0.1, 0.15) is 11.6 Å².